The van der Waals surface area contributed by atoms with Gasteiger partial charge in [-0.25, -0.2) is 4.79 Å². The van der Waals surface area contributed by atoms with E-state index in [-0.39, 0.29) is 24.5 Å². The molecule has 0 aromatic heterocycles. The molecule has 11 nitrogen and oxygen atoms in total. The van der Waals surface area contributed by atoms with Gasteiger partial charge in [-0.1, -0.05) is 20.3 Å². The average Bonchev–Trinajstić information content (AvgIpc) is 2.66. The summed E-state index contributed by atoms with van der Waals surface area (Å²) in [6, 6.07) is -4.30. The molecular formula is C17H31N5O6S. The Kier molecular flexibility index (Phi) is 11.9. The molecule has 0 rings (SSSR count). The van der Waals surface area contributed by atoms with Crippen molar-refractivity contribution < 1.29 is 29.1 Å². The average molecular weight is 434 g/mol. The molecule has 0 aromatic carbocycles. The maximum absolute atomic E-state index is 12.5. The van der Waals surface area contributed by atoms with Crippen molar-refractivity contribution in [2.75, 3.05) is 5.75 Å². The van der Waals surface area contributed by atoms with E-state index in [0.29, 0.717) is 6.42 Å². The first-order valence-electron chi connectivity index (χ1n) is 9.23. The lowest BCUT2D eigenvalue weighted by Gasteiger charge is -2.24. The molecule has 4 amide bonds. The highest BCUT2D eigenvalue weighted by Crippen LogP contribution is 2.07. The number of thiol groups is 1. The Labute approximate surface area is 175 Å². The van der Waals surface area contributed by atoms with Gasteiger partial charge >= 0.3 is 5.97 Å². The predicted octanol–water partition coefficient (Wildman–Crippen LogP) is -1.89. The topological polar surface area (TPSA) is 194 Å². The normalized spacial score (nSPS) is 15.9. The van der Waals surface area contributed by atoms with Crippen LogP contribution in [-0.4, -0.2) is 64.6 Å². The lowest BCUT2D eigenvalue weighted by molar-refractivity contribution is -0.141. The molecule has 5 unspecified atom stereocenters. The summed E-state index contributed by atoms with van der Waals surface area (Å²) >= 11 is 3.84. The first-order chi connectivity index (χ1) is 13.4. The smallest absolute Gasteiger partial charge is 0.327 e. The third-order valence-corrected chi connectivity index (χ3v) is 4.79. The summed E-state index contributed by atoms with van der Waals surface area (Å²) in [4.78, 5) is 59.0. The number of amides is 4. The predicted molar refractivity (Wildman–Crippen MR) is 109 cm³/mol. The molecule has 0 aliphatic carbocycles. The highest BCUT2D eigenvalue weighted by molar-refractivity contribution is 7.80. The fourth-order valence-corrected chi connectivity index (χ4v) is 2.44. The highest BCUT2D eigenvalue weighted by atomic mass is 32.1. The fourth-order valence-electron chi connectivity index (χ4n) is 2.20. The van der Waals surface area contributed by atoms with Crippen LogP contribution in [0.3, 0.4) is 0 Å². The third kappa shape index (κ3) is 9.61. The van der Waals surface area contributed by atoms with E-state index in [1.54, 1.807) is 6.92 Å². The number of nitrogens with one attached hydrogen (secondary N) is 3. The number of carbonyl (C=O) groups is 5. The van der Waals surface area contributed by atoms with Crippen LogP contribution < -0.4 is 27.4 Å². The zero-order valence-corrected chi connectivity index (χ0v) is 17.7. The number of hydrogen-bond donors (Lipinski definition) is 7. The number of primary amides is 1. The van der Waals surface area contributed by atoms with Crippen molar-refractivity contribution >= 4 is 42.2 Å². The van der Waals surface area contributed by atoms with Crippen LogP contribution in [0.25, 0.3) is 0 Å². The summed E-state index contributed by atoms with van der Waals surface area (Å²) in [5.74, 6) is -4.22. The quantitative estimate of drug-likeness (QED) is 0.165. The van der Waals surface area contributed by atoms with Gasteiger partial charge in [0, 0.05) is 12.2 Å². The molecule has 0 aliphatic rings. The minimum absolute atomic E-state index is 0.0805. The van der Waals surface area contributed by atoms with Gasteiger partial charge in [0.2, 0.25) is 23.6 Å². The van der Waals surface area contributed by atoms with Crippen LogP contribution >= 0.6 is 12.6 Å². The number of nitrogens with two attached hydrogens (primary N) is 2. The SMILES string of the molecule is CCC(C)C(N)C(=O)NC(CCC(N)=O)C(=O)NC(C)C(=O)NC(CS)C(=O)O. The van der Waals surface area contributed by atoms with Crippen LogP contribution in [-0.2, 0) is 24.0 Å². The molecule has 5 atom stereocenters. The second-order valence-corrected chi connectivity index (χ2v) is 7.15. The molecule has 12 heteroatoms. The molecule has 29 heavy (non-hydrogen) atoms. The van der Waals surface area contributed by atoms with Gasteiger partial charge in [0.05, 0.1) is 6.04 Å². The summed E-state index contributed by atoms with van der Waals surface area (Å²) < 4.78 is 0. The van der Waals surface area contributed by atoms with Crippen molar-refractivity contribution in [1.29, 1.82) is 0 Å². The fraction of sp³-hybridized carbons (Fsp3) is 0.706. The molecule has 0 aromatic rings. The Hall–Kier alpha value is -2.34. The molecule has 0 heterocycles. The Bertz CT molecular complexity index is 617. The number of carbonyl (C=O) groups excluding carboxylic acids is 4. The van der Waals surface area contributed by atoms with E-state index >= 15 is 0 Å². The third-order valence-electron chi connectivity index (χ3n) is 4.42. The summed E-state index contributed by atoms with van der Waals surface area (Å²) in [6.07, 6.45) is 0.404. The zero-order chi connectivity index (χ0) is 22.7. The number of hydrogen-bond acceptors (Lipinski definition) is 7. The molecule has 166 valence electrons. The molecule has 0 spiro atoms. The van der Waals surface area contributed by atoms with Crippen molar-refractivity contribution in [2.24, 2.45) is 17.4 Å². The van der Waals surface area contributed by atoms with E-state index in [1.807, 2.05) is 6.92 Å². The van der Waals surface area contributed by atoms with Crippen LogP contribution in [0.4, 0.5) is 0 Å². The summed E-state index contributed by atoms with van der Waals surface area (Å²) in [5.41, 5.74) is 11.0. The van der Waals surface area contributed by atoms with Crippen molar-refractivity contribution in [3.05, 3.63) is 0 Å². The molecule has 0 fully saturated rings. The maximum atomic E-state index is 12.5. The lowest BCUT2D eigenvalue weighted by atomic mass is 9.98. The molecule has 0 aliphatic heterocycles. The lowest BCUT2D eigenvalue weighted by Crippen LogP contribution is -2.57. The van der Waals surface area contributed by atoms with Gasteiger partial charge in [0.15, 0.2) is 0 Å². The van der Waals surface area contributed by atoms with Crippen LogP contribution in [0.1, 0.15) is 40.0 Å². The minimum atomic E-state index is -1.27. The highest BCUT2D eigenvalue weighted by Gasteiger charge is 2.29. The molecule has 0 saturated carbocycles. The number of carboxylic acid groups (broad SMARTS) is 1. The van der Waals surface area contributed by atoms with Gasteiger partial charge in [0.25, 0.3) is 0 Å². The Morgan fingerprint density at radius 3 is 1.97 bits per heavy atom. The molecular weight excluding hydrogens is 402 g/mol. The summed E-state index contributed by atoms with van der Waals surface area (Å²) in [6.45, 7) is 5.00. The van der Waals surface area contributed by atoms with Gasteiger partial charge in [-0.05, 0) is 19.3 Å². The van der Waals surface area contributed by atoms with Crippen molar-refractivity contribution in [3.8, 4) is 0 Å². The molecule has 8 N–H and O–H groups in total. The number of rotatable bonds is 13. The maximum Gasteiger partial charge on any atom is 0.327 e. The summed E-state index contributed by atoms with van der Waals surface area (Å²) in [7, 11) is 0. The van der Waals surface area contributed by atoms with Gasteiger partial charge in [0.1, 0.15) is 18.1 Å². The second kappa shape index (κ2) is 13.0. The van der Waals surface area contributed by atoms with E-state index in [0.717, 1.165) is 0 Å². The van der Waals surface area contributed by atoms with Crippen LogP contribution in [0.15, 0.2) is 0 Å². The Balaban J connectivity index is 5.10. The molecule has 0 radical (unpaired) electrons. The first-order valence-corrected chi connectivity index (χ1v) is 9.86. The Morgan fingerprint density at radius 2 is 1.52 bits per heavy atom. The zero-order valence-electron chi connectivity index (χ0n) is 16.8. The van der Waals surface area contributed by atoms with Crippen LogP contribution in [0.5, 0.6) is 0 Å². The van der Waals surface area contributed by atoms with Gasteiger partial charge in [-0.2, -0.15) is 12.6 Å². The van der Waals surface area contributed by atoms with Crippen molar-refractivity contribution in [1.82, 2.24) is 16.0 Å². The van der Waals surface area contributed by atoms with Crippen LogP contribution in [0.2, 0.25) is 0 Å². The van der Waals surface area contributed by atoms with Gasteiger partial charge < -0.3 is 32.5 Å². The van der Waals surface area contributed by atoms with E-state index in [4.69, 9.17) is 16.6 Å². The second-order valence-electron chi connectivity index (χ2n) is 6.79. The van der Waals surface area contributed by atoms with Gasteiger partial charge in [-0.15, -0.1) is 0 Å². The Morgan fingerprint density at radius 1 is 0.966 bits per heavy atom. The van der Waals surface area contributed by atoms with E-state index in [9.17, 15) is 24.0 Å². The van der Waals surface area contributed by atoms with E-state index in [1.165, 1.54) is 6.92 Å². The van der Waals surface area contributed by atoms with Gasteiger partial charge in [-0.3, -0.25) is 19.2 Å². The standard InChI is InChI=1S/C17H31N5O6S/c1-4-8(2)13(19)16(26)21-10(5-6-12(18)23)15(25)20-9(3)14(24)22-11(7-29)17(27)28/h8-11,13,29H,4-7,19H2,1-3H3,(H2,18,23)(H,20,25)(H,21,26)(H,22,24)(H,27,28). The monoisotopic (exact) mass is 433 g/mol. The summed E-state index contributed by atoms with van der Waals surface area (Å²) in [5, 5.41) is 16.1. The molecule has 0 saturated heterocycles. The first kappa shape index (κ1) is 26.7. The number of aliphatic carboxylic acids is 1. The van der Waals surface area contributed by atoms with Crippen molar-refractivity contribution in [3.63, 3.8) is 0 Å². The number of carboxylic acids is 1. The van der Waals surface area contributed by atoms with Crippen LogP contribution in [0, 0.1) is 5.92 Å². The largest absolute Gasteiger partial charge is 0.480 e. The van der Waals surface area contributed by atoms with Crippen molar-refractivity contribution in [2.45, 2.75) is 64.2 Å². The van der Waals surface area contributed by atoms with E-state index in [2.05, 4.69) is 28.6 Å². The minimum Gasteiger partial charge on any atom is -0.480 e. The molecule has 0 bridgehead atoms. The van der Waals surface area contributed by atoms with E-state index < -0.39 is 53.8 Å².